The molecule has 8 heteroatoms. The Labute approximate surface area is 148 Å². The fourth-order valence-corrected chi connectivity index (χ4v) is 3.83. The highest BCUT2D eigenvalue weighted by atomic mass is 33.1. The van der Waals surface area contributed by atoms with Gasteiger partial charge in [-0.15, -0.1) is 0 Å². The molecule has 2 rings (SSSR count). The van der Waals surface area contributed by atoms with Crippen molar-refractivity contribution in [2.75, 3.05) is 18.1 Å². The normalized spacial score (nSPS) is 10.5. The quantitative estimate of drug-likeness (QED) is 0.525. The van der Waals surface area contributed by atoms with Crippen molar-refractivity contribution in [3.8, 4) is 5.69 Å². The number of carbonyl (C=O) groups is 2. The van der Waals surface area contributed by atoms with Gasteiger partial charge in [-0.3, -0.25) is 9.59 Å². The Kier molecular flexibility index (Phi) is 7.20. The molecule has 0 spiro atoms. The van der Waals surface area contributed by atoms with Crippen LogP contribution in [0.3, 0.4) is 0 Å². The summed E-state index contributed by atoms with van der Waals surface area (Å²) in [5, 5.41) is 15.6. The molecule has 0 aliphatic carbocycles. The number of carbonyl (C=O) groups excluding carboxylic acids is 1. The van der Waals surface area contributed by atoms with Gasteiger partial charge in [0.25, 0.3) is 5.91 Å². The summed E-state index contributed by atoms with van der Waals surface area (Å²) in [6.45, 7) is 2.52. The highest BCUT2D eigenvalue weighted by Crippen LogP contribution is 2.21. The molecule has 0 radical (unpaired) electrons. The summed E-state index contributed by atoms with van der Waals surface area (Å²) in [5.41, 5.74) is 2.55. The molecule has 1 heterocycles. The zero-order chi connectivity index (χ0) is 17.4. The minimum atomic E-state index is -0.790. The first kappa shape index (κ1) is 18.4. The van der Waals surface area contributed by atoms with E-state index in [2.05, 4.69) is 10.4 Å². The van der Waals surface area contributed by atoms with Crippen LogP contribution >= 0.6 is 21.6 Å². The molecule has 0 unspecified atom stereocenters. The Morgan fingerprint density at radius 3 is 2.75 bits per heavy atom. The minimum Gasteiger partial charge on any atom is -0.481 e. The van der Waals surface area contributed by atoms with Gasteiger partial charge in [0, 0.05) is 24.2 Å². The molecule has 0 aliphatic heterocycles. The van der Waals surface area contributed by atoms with Crippen molar-refractivity contribution in [3.63, 3.8) is 0 Å². The molecular weight excluding hydrogens is 346 g/mol. The molecule has 0 fully saturated rings. The van der Waals surface area contributed by atoms with Crippen molar-refractivity contribution < 1.29 is 14.7 Å². The second-order valence-electron chi connectivity index (χ2n) is 5.00. The molecule has 0 saturated carbocycles. The number of aliphatic carboxylic acids is 1. The summed E-state index contributed by atoms with van der Waals surface area (Å²) in [4.78, 5) is 22.5. The zero-order valence-electron chi connectivity index (χ0n) is 13.3. The Morgan fingerprint density at radius 2 is 2.00 bits per heavy atom. The number of aryl methyl sites for hydroxylation is 1. The first-order valence-electron chi connectivity index (χ1n) is 7.43. The smallest absolute Gasteiger partial charge is 0.304 e. The van der Waals surface area contributed by atoms with Gasteiger partial charge >= 0.3 is 5.97 Å². The number of rotatable bonds is 9. The lowest BCUT2D eigenvalue weighted by Crippen LogP contribution is -2.25. The number of hydrogen-bond acceptors (Lipinski definition) is 5. The van der Waals surface area contributed by atoms with E-state index in [9.17, 15) is 9.59 Å². The average molecular weight is 365 g/mol. The second-order valence-corrected chi connectivity index (χ2v) is 7.71. The molecule has 1 aromatic carbocycles. The monoisotopic (exact) mass is 365 g/mol. The van der Waals surface area contributed by atoms with E-state index in [4.69, 9.17) is 5.11 Å². The number of para-hydroxylation sites is 1. The Morgan fingerprint density at radius 1 is 1.25 bits per heavy atom. The van der Waals surface area contributed by atoms with Crippen molar-refractivity contribution in [2.45, 2.75) is 13.3 Å². The van der Waals surface area contributed by atoms with E-state index in [0.29, 0.717) is 17.9 Å². The largest absolute Gasteiger partial charge is 0.481 e. The van der Waals surface area contributed by atoms with Gasteiger partial charge in [-0.2, -0.15) is 5.10 Å². The van der Waals surface area contributed by atoms with E-state index < -0.39 is 5.97 Å². The van der Waals surface area contributed by atoms with Crippen molar-refractivity contribution in [1.82, 2.24) is 15.1 Å². The van der Waals surface area contributed by atoms with Crippen LogP contribution in [0.1, 0.15) is 22.3 Å². The molecule has 24 heavy (non-hydrogen) atoms. The van der Waals surface area contributed by atoms with Gasteiger partial charge in [-0.1, -0.05) is 39.8 Å². The molecule has 0 bridgehead atoms. The maximum atomic E-state index is 12.1. The number of nitrogens with zero attached hydrogens (tertiary/aromatic N) is 2. The number of carboxylic acids is 1. The van der Waals surface area contributed by atoms with Crippen LogP contribution in [0.4, 0.5) is 0 Å². The van der Waals surface area contributed by atoms with Gasteiger partial charge in [-0.25, -0.2) is 4.68 Å². The predicted molar refractivity (Wildman–Crippen MR) is 97.8 cm³/mol. The number of carboxylic acid groups (broad SMARTS) is 1. The summed E-state index contributed by atoms with van der Waals surface area (Å²) < 4.78 is 1.70. The van der Waals surface area contributed by atoms with Gasteiger partial charge in [0.15, 0.2) is 0 Å². The zero-order valence-corrected chi connectivity index (χ0v) is 14.9. The summed E-state index contributed by atoms with van der Waals surface area (Å²) in [6, 6.07) is 7.84. The molecule has 1 aromatic heterocycles. The highest BCUT2D eigenvalue weighted by molar-refractivity contribution is 8.76. The van der Waals surface area contributed by atoms with E-state index in [1.54, 1.807) is 27.9 Å². The number of hydrogen-bond donors (Lipinski definition) is 2. The lowest BCUT2D eigenvalue weighted by Gasteiger charge is -2.05. The van der Waals surface area contributed by atoms with Crippen molar-refractivity contribution in [1.29, 1.82) is 0 Å². The van der Waals surface area contributed by atoms with Crippen LogP contribution in [0.2, 0.25) is 0 Å². The molecule has 128 valence electrons. The first-order valence-corrected chi connectivity index (χ1v) is 9.92. The van der Waals surface area contributed by atoms with Gasteiger partial charge in [0.05, 0.1) is 23.9 Å². The van der Waals surface area contributed by atoms with E-state index in [-0.39, 0.29) is 12.3 Å². The molecule has 2 aromatic rings. The SMILES string of the molecule is Cc1ccccc1-n1cc(C(=O)NCCSSCCC(=O)O)cn1. The van der Waals surface area contributed by atoms with Crippen LogP contribution in [-0.2, 0) is 4.79 Å². The molecule has 1 amide bonds. The number of nitrogens with one attached hydrogen (secondary N) is 1. The van der Waals surface area contributed by atoms with Crippen LogP contribution < -0.4 is 5.32 Å². The Hall–Kier alpha value is -1.93. The van der Waals surface area contributed by atoms with Crippen molar-refractivity contribution in [2.24, 2.45) is 0 Å². The topological polar surface area (TPSA) is 84.2 Å². The first-order chi connectivity index (χ1) is 11.6. The number of aromatic nitrogens is 2. The Bertz CT molecular complexity index is 703. The fourth-order valence-electron chi connectivity index (χ4n) is 1.95. The lowest BCUT2D eigenvalue weighted by atomic mass is 10.2. The summed E-state index contributed by atoms with van der Waals surface area (Å²) >= 11 is 0. The van der Waals surface area contributed by atoms with Gasteiger partial charge in [-0.05, 0) is 18.6 Å². The third-order valence-corrected chi connectivity index (χ3v) is 5.57. The molecule has 0 saturated heterocycles. The second kappa shape index (κ2) is 9.39. The molecule has 0 aliphatic rings. The van der Waals surface area contributed by atoms with Crippen LogP contribution in [0, 0.1) is 6.92 Å². The van der Waals surface area contributed by atoms with Crippen LogP contribution in [-0.4, -0.2) is 44.8 Å². The fraction of sp³-hybridized carbons (Fsp3) is 0.312. The van der Waals surface area contributed by atoms with E-state index in [1.807, 2.05) is 31.2 Å². The summed E-state index contributed by atoms with van der Waals surface area (Å²) in [7, 11) is 3.05. The average Bonchev–Trinajstić information content (AvgIpc) is 3.03. The van der Waals surface area contributed by atoms with Crippen LogP contribution in [0.25, 0.3) is 5.69 Å². The predicted octanol–water partition coefficient (Wildman–Crippen LogP) is 2.77. The summed E-state index contributed by atoms with van der Waals surface area (Å²) in [6.07, 6.45) is 3.42. The van der Waals surface area contributed by atoms with Gasteiger partial charge < -0.3 is 10.4 Å². The standard InChI is InChI=1S/C16H19N3O3S2/c1-12-4-2-3-5-14(12)19-11-13(10-18-19)16(22)17-7-9-24-23-8-6-15(20)21/h2-5,10-11H,6-9H2,1H3,(H,17,22)(H,20,21). The molecule has 2 N–H and O–H groups in total. The Balaban J connectivity index is 1.76. The molecule has 0 atom stereocenters. The van der Waals surface area contributed by atoms with E-state index in [0.717, 1.165) is 17.0 Å². The van der Waals surface area contributed by atoms with Crippen LogP contribution in [0.15, 0.2) is 36.7 Å². The highest BCUT2D eigenvalue weighted by Gasteiger charge is 2.09. The van der Waals surface area contributed by atoms with Gasteiger partial charge in [0.2, 0.25) is 0 Å². The van der Waals surface area contributed by atoms with Crippen molar-refractivity contribution in [3.05, 3.63) is 47.8 Å². The van der Waals surface area contributed by atoms with E-state index in [1.165, 1.54) is 10.8 Å². The third-order valence-electron chi connectivity index (χ3n) is 3.16. The third kappa shape index (κ3) is 5.61. The number of benzene rings is 1. The minimum absolute atomic E-state index is 0.155. The van der Waals surface area contributed by atoms with Crippen molar-refractivity contribution >= 4 is 33.5 Å². The van der Waals surface area contributed by atoms with Gasteiger partial charge in [0.1, 0.15) is 0 Å². The maximum Gasteiger partial charge on any atom is 0.304 e. The number of amides is 1. The van der Waals surface area contributed by atoms with Crippen LogP contribution in [0.5, 0.6) is 0 Å². The molecule has 6 nitrogen and oxygen atoms in total. The van der Waals surface area contributed by atoms with E-state index >= 15 is 0 Å². The molecular formula is C16H19N3O3S2. The lowest BCUT2D eigenvalue weighted by molar-refractivity contribution is -0.136. The summed E-state index contributed by atoms with van der Waals surface area (Å²) in [5.74, 6) is 0.340. The maximum absolute atomic E-state index is 12.1.